The monoisotopic (exact) mass is 1540 g/mol. The number of carbonyl (C=O) groups is 3. The fourth-order valence-electron chi connectivity index (χ4n) is 15.0. The first-order chi connectivity index (χ1) is 52.0. The molecule has 2 aliphatic carbocycles. The Morgan fingerprint density at radius 2 is 0.982 bits per heavy atom. The summed E-state index contributed by atoms with van der Waals surface area (Å²) in [6.07, 6.45) is 16.8. The molecule has 5 N–H and O–H groups in total. The average Bonchev–Trinajstić information content (AvgIpc) is 0.821. The van der Waals surface area contributed by atoms with Gasteiger partial charge in [0.15, 0.2) is 23.0 Å². The summed E-state index contributed by atoms with van der Waals surface area (Å²) in [7, 11) is 0. The zero-order chi connectivity index (χ0) is 74.9. The van der Waals surface area contributed by atoms with Gasteiger partial charge in [0.2, 0.25) is 11.4 Å². The number of nitrogens with zero attached hydrogens (tertiary/aromatic N) is 13. The van der Waals surface area contributed by atoms with Crippen LogP contribution < -0.4 is 46.3 Å². The largest absolute Gasteiger partial charge is 0.490 e. The lowest BCUT2D eigenvalue weighted by Gasteiger charge is -2.39. The van der Waals surface area contributed by atoms with Gasteiger partial charge in [0.25, 0.3) is 22.9 Å². The molecule has 4 aliphatic heterocycles. The molecule has 0 radical (unpaired) electrons. The number of aromatic nitrogens is 8. The molecule has 6 aromatic heterocycles. The second-order valence-corrected chi connectivity index (χ2v) is 29.7. The maximum absolute atomic E-state index is 13.0. The minimum absolute atomic E-state index is 0. The number of aromatic amines is 2. The van der Waals surface area contributed by atoms with Crippen LogP contribution in [0.2, 0.25) is 10.0 Å². The normalized spacial score (nSPS) is 19.4. The first kappa shape index (κ1) is 82.3. The van der Waals surface area contributed by atoms with Gasteiger partial charge in [-0.15, -0.1) is 32.8 Å². The predicted molar refractivity (Wildman–Crippen MR) is 431 cm³/mol. The first-order valence-corrected chi connectivity index (χ1v) is 38.6. The number of aryl methyl sites for hydroxylation is 2. The van der Waals surface area contributed by atoms with Gasteiger partial charge in [-0.25, -0.2) is 9.69 Å². The maximum Gasteiger partial charge on any atom is 0.272 e. The molecule has 6 fully saturated rings. The molecule has 28 heteroatoms. The first-order valence-electron chi connectivity index (χ1n) is 37.8. The number of nitrogens with one attached hydrogen (secondary N) is 5. The van der Waals surface area contributed by atoms with E-state index in [1.807, 2.05) is 76.5 Å². The van der Waals surface area contributed by atoms with Crippen molar-refractivity contribution < 1.29 is 23.9 Å². The Morgan fingerprint density at radius 1 is 0.560 bits per heavy atom. The third-order valence-electron chi connectivity index (χ3n) is 21.7. The number of carbonyl (C=O) groups excluding carboxylic acids is 3. The Kier molecular flexibility index (Phi) is 29.8. The summed E-state index contributed by atoms with van der Waals surface area (Å²) in [5.74, 6) is 3.33. The van der Waals surface area contributed by atoms with Gasteiger partial charge in [0, 0.05) is 140 Å². The van der Waals surface area contributed by atoms with Crippen molar-refractivity contribution in [2.24, 2.45) is 11.8 Å². The SMILES string of the molecule is C.CCc1cc2ncc(CN3CCNCC3)cc2[nH]c1=O.Cl.[C-]#[N+]c1ccc(OC2CCC(NC(=O)c3ccc(N4CCC(C=O)CC4)nn3)CC2)c(C)c1Cl.[C-]#[N+]c1ccc(OC2CCC(NC(=O)c3ccc(N4CCC(CN5CCN(Cc6cnc7cc(CC)c(=O)[nH]c7c6)CC5)CC4)nn3)CC2)c(C)c1Cl. The van der Waals surface area contributed by atoms with Crippen molar-refractivity contribution in [2.75, 3.05) is 94.9 Å². The van der Waals surface area contributed by atoms with E-state index in [1.165, 1.54) is 0 Å². The molecule has 6 aliphatic rings. The van der Waals surface area contributed by atoms with Crippen LogP contribution in [0.3, 0.4) is 0 Å². The average molecular weight is 1550 g/mol. The fourth-order valence-corrected chi connectivity index (χ4v) is 15.4. The second-order valence-electron chi connectivity index (χ2n) is 29.0. The van der Waals surface area contributed by atoms with Crippen molar-refractivity contribution in [3.05, 3.63) is 184 Å². The number of H-pyrrole nitrogens is 2. The molecular formula is C81H101Cl3N18O7. The minimum Gasteiger partial charge on any atom is -0.490 e. The number of amides is 2. The number of rotatable bonds is 19. The number of hydrogen-bond donors (Lipinski definition) is 5. The lowest BCUT2D eigenvalue weighted by Crippen LogP contribution is -2.48. The summed E-state index contributed by atoms with van der Waals surface area (Å²) in [5, 5.41) is 27.5. The second kappa shape index (κ2) is 39.4. The van der Waals surface area contributed by atoms with Crippen molar-refractivity contribution in [1.82, 2.24) is 71.0 Å². The zero-order valence-corrected chi connectivity index (χ0v) is 64.3. The number of pyridine rings is 4. The van der Waals surface area contributed by atoms with Gasteiger partial charge in [0.05, 0.1) is 57.5 Å². The van der Waals surface area contributed by atoms with Gasteiger partial charge in [-0.3, -0.25) is 38.9 Å². The Morgan fingerprint density at radius 3 is 1.39 bits per heavy atom. The predicted octanol–water partition coefficient (Wildman–Crippen LogP) is 12.4. The smallest absolute Gasteiger partial charge is 0.272 e. The summed E-state index contributed by atoms with van der Waals surface area (Å²) >= 11 is 12.6. The van der Waals surface area contributed by atoms with Crippen molar-refractivity contribution in [1.29, 1.82) is 0 Å². The molecule has 578 valence electrons. The number of ether oxygens (including phenoxy) is 2. The highest BCUT2D eigenvalue weighted by molar-refractivity contribution is 6.34. The third-order valence-corrected chi connectivity index (χ3v) is 22.6. The van der Waals surface area contributed by atoms with Gasteiger partial charge in [-0.1, -0.05) is 56.6 Å². The number of hydrogen-bond acceptors (Lipinski definition) is 19. The molecule has 0 bridgehead atoms. The molecule has 25 nitrogen and oxygen atoms in total. The summed E-state index contributed by atoms with van der Waals surface area (Å²) in [6, 6.07) is 22.3. The number of anilines is 2. The lowest BCUT2D eigenvalue weighted by atomic mass is 9.92. The Labute approximate surface area is 654 Å². The summed E-state index contributed by atoms with van der Waals surface area (Å²) in [5.41, 5.74) is 10.2. The van der Waals surface area contributed by atoms with Crippen LogP contribution in [0.15, 0.2) is 94.8 Å². The number of benzene rings is 2. The number of halogens is 3. The van der Waals surface area contributed by atoms with Gasteiger partial charge < -0.3 is 54.9 Å². The third kappa shape index (κ3) is 21.7. The minimum atomic E-state index is -0.222. The van der Waals surface area contributed by atoms with Crippen LogP contribution in [-0.2, 0) is 30.7 Å². The van der Waals surface area contributed by atoms with Gasteiger partial charge >= 0.3 is 0 Å². The van der Waals surface area contributed by atoms with E-state index in [9.17, 15) is 24.0 Å². The standard InChI is InChI=1S/C40H48ClN9O3.C25H28ClN5O3.C15H20N4O.CH4.ClH/c1-4-29-22-34-35(45-39(29)51)21-28(23-43-34)25-49-19-17-48(18-20-49)24-27-13-15-50(16-14-27)37-12-10-33(46-47-37)40(52)44-30-5-7-31(8-6-30)53-36-11-9-32(42-3)38(41)26(36)2;1-16-22(9-7-20(27-2)24(16)26)34-19-5-3-18(4-6-19)28-25(33)21-8-10-23(30-29-21)31-13-11-17(15-32)12-14-31;1-2-12-8-13-14(18-15(12)20)7-11(9-17-13)10-19-5-3-16-4-6-19;;/h9-12,21-23,27,30-31H,4-8,13-20,24-25H2,1-2H3,(H,44,52)(H,45,51);7-10,15,17-19H,3-6,11-14H2,1H3,(H,28,33);7-9,16H,2-6,10H2,1H3,(H,18,20);1H4;1H. The molecule has 0 spiro atoms. The van der Waals surface area contributed by atoms with Gasteiger partial charge in [0.1, 0.15) is 17.8 Å². The van der Waals surface area contributed by atoms with Crippen molar-refractivity contribution in [3.63, 3.8) is 0 Å². The van der Waals surface area contributed by atoms with Crippen LogP contribution in [0.4, 0.5) is 23.0 Å². The lowest BCUT2D eigenvalue weighted by molar-refractivity contribution is -0.111. The number of piperazine rings is 2. The van der Waals surface area contributed by atoms with Crippen molar-refractivity contribution in [2.45, 2.75) is 162 Å². The van der Waals surface area contributed by atoms with Crippen LogP contribution in [0, 0.1) is 38.8 Å². The molecule has 14 rings (SSSR count). The number of fused-ring (bicyclic) bond motifs is 2. The Balaban J connectivity index is 0.000000192. The van der Waals surface area contributed by atoms with Gasteiger partial charge in [-0.05, 0) is 193 Å². The Hall–Kier alpha value is -9.18. The van der Waals surface area contributed by atoms with E-state index in [4.69, 9.17) is 45.8 Å². The molecule has 10 heterocycles. The van der Waals surface area contributed by atoms with E-state index in [1.54, 1.807) is 30.3 Å². The molecule has 4 saturated heterocycles. The van der Waals surface area contributed by atoms with E-state index in [0.29, 0.717) is 56.6 Å². The van der Waals surface area contributed by atoms with E-state index < -0.39 is 0 Å². The van der Waals surface area contributed by atoms with Crippen LogP contribution >= 0.6 is 35.6 Å². The number of aldehydes is 1. The van der Waals surface area contributed by atoms with E-state index in [2.05, 4.69) is 96.5 Å². The van der Waals surface area contributed by atoms with Crippen LogP contribution in [-0.4, -0.2) is 183 Å². The molecule has 2 amide bonds. The van der Waals surface area contributed by atoms with Crippen molar-refractivity contribution >= 4 is 98.8 Å². The molecule has 2 saturated carbocycles. The van der Waals surface area contributed by atoms with Gasteiger partial charge in [-0.2, -0.15) is 0 Å². The highest BCUT2D eigenvalue weighted by atomic mass is 35.5. The molecule has 2 aromatic carbocycles. The molecule has 0 atom stereocenters. The van der Waals surface area contributed by atoms with Crippen LogP contribution in [0.1, 0.15) is 153 Å². The van der Waals surface area contributed by atoms with Crippen molar-refractivity contribution in [3.8, 4) is 11.5 Å². The summed E-state index contributed by atoms with van der Waals surface area (Å²) < 4.78 is 12.4. The molecule has 109 heavy (non-hydrogen) atoms. The quantitative estimate of drug-likeness (QED) is 0.0372. The van der Waals surface area contributed by atoms with E-state index in [-0.39, 0.29) is 73.0 Å². The highest BCUT2D eigenvalue weighted by Gasteiger charge is 2.30. The highest BCUT2D eigenvalue weighted by Crippen LogP contribution is 2.38. The van der Waals surface area contributed by atoms with E-state index >= 15 is 0 Å². The Bertz CT molecular complexity index is 4600. The summed E-state index contributed by atoms with van der Waals surface area (Å²) in [4.78, 5) is 94.5. The maximum atomic E-state index is 13.0. The van der Waals surface area contributed by atoms with E-state index in [0.717, 1.165) is 255 Å². The molecule has 0 unspecified atom stereocenters. The fraction of sp³-hybridized carbons (Fsp3) is 0.494. The summed E-state index contributed by atoms with van der Waals surface area (Å²) in [6.45, 7) is 36.7. The molecule has 8 aromatic rings. The number of piperidine rings is 2. The van der Waals surface area contributed by atoms with Crippen LogP contribution in [0.5, 0.6) is 11.5 Å². The molecular weight excluding hydrogens is 1440 g/mol. The topological polar surface area (TPSA) is 274 Å². The zero-order valence-electron chi connectivity index (χ0n) is 62.0. The van der Waals surface area contributed by atoms with Crippen LogP contribution in [0.25, 0.3) is 31.8 Å².